The average Bonchev–Trinajstić information content (AvgIpc) is 3.43. The summed E-state index contributed by atoms with van der Waals surface area (Å²) < 4.78 is 32.1. The summed E-state index contributed by atoms with van der Waals surface area (Å²) in [6.07, 6.45) is 0.105. The molecule has 7 heteroatoms. The molecular weight excluding hydrogens is 564 g/mol. The van der Waals surface area contributed by atoms with E-state index < -0.39 is 18.3 Å². The van der Waals surface area contributed by atoms with Crippen LogP contribution >= 0.6 is 0 Å². The molecule has 1 aliphatic heterocycles. The maximum absolute atomic E-state index is 6.74. The van der Waals surface area contributed by atoms with Gasteiger partial charge in [-0.05, 0) is 29.2 Å². The van der Waals surface area contributed by atoms with E-state index in [2.05, 4.69) is 41.4 Å². The highest BCUT2D eigenvalue weighted by Gasteiger charge is 2.48. The van der Waals surface area contributed by atoms with Crippen molar-refractivity contribution in [2.75, 3.05) is 6.61 Å². The largest absolute Gasteiger partial charge is 0.459 e. The molecule has 4 atom stereocenters. The number of benzene rings is 4. The van der Waals surface area contributed by atoms with Crippen LogP contribution in [-0.2, 0) is 45.4 Å². The average molecular weight is 603 g/mol. The van der Waals surface area contributed by atoms with E-state index in [0.717, 1.165) is 33.5 Å². The molecule has 2 heterocycles. The Labute approximate surface area is 264 Å². The number of hydrogen-bond donors (Lipinski definition) is 0. The van der Waals surface area contributed by atoms with Crippen molar-refractivity contribution >= 4 is 0 Å². The predicted octanol–water partition coefficient (Wildman–Crippen LogP) is 7.19. The van der Waals surface area contributed by atoms with Crippen molar-refractivity contribution < 1.29 is 23.7 Å². The number of aryl methyl sites for hydroxylation is 1. The molecule has 0 radical (unpaired) electrons. The Bertz CT molecular complexity index is 1590. The van der Waals surface area contributed by atoms with Gasteiger partial charge in [-0.15, -0.1) is 0 Å². The third-order valence-electron chi connectivity index (χ3n) is 7.79. The fourth-order valence-electron chi connectivity index (χ4n) is 5.42. The van der Waals surface area contributed by atoms with Crippen molar-refractivity contribution in [3.8, 4) is 6.01 Å². The van der Waals surface area contributed by atoms with Crippen LogP contribution in [-0.4, -0.2) is 34.9 Å². The molecule has 45 heavy (non-hydrogen) atoms. The monoisotopic (exact) mass is 602 g/mol. The lowest BCUT2D eigenvalue weighted by Crippen LogP contribution is -2.38. The lowest BCUT2D eigenvalue weighted by Gasteiger charge is -2.25. The first-order chi connectivity index (χ1) is 22.2. The van der Waals surface area contributed by atoms with Gasteiger partial charge in [0.15, 0.2) is 0 Å². The molecule has 0 aliphatic carbocycles. The van der Waals surface area contributed by atoms with Crippen LogP contribution in [0.2, 0.25) is 0 Å². The van der Waals surface area contributed by atoms with Crippen molar-refractivity contribution in [3.05, 3.63) is 161 Å². The summed E-state index contributed by atoms with van der Waals surface area (Å²) in [7, 11) is 0. The van der Waals surface area contributed by atoms with Crippen LogP contribution < -0.4 is 4.74 Å². The number of rotatable bonds is 14. The summed E-state index contributed by atoms with van der Waals surface area (Å²) in [6.45, 7) is 3.98. The van der Waals surface area contributed by atoms with E-state index in [1.165, 1.54) is 0 Å². The fourth-order valence-corrected chi connectivity index (χ4v) is 5.42. The third kappa shape index (κ3) is 8.41. The molecule has 0 N–H and O–H groups in total. The van der Waals surface area contributed by atoms with E-state index in [9.17, 15) is 0 Å². The van der Waals surface area contributed by atoms with Crippen molar-refractivity contribution in [3.63, 3.8) is 0 Å². The standard InChI is InChI=1S/C38H38N2O5/c1-28-33(22-39-38(40-28)44-26-32-20-12-5-13-21-32)35-37(43-25-31-18-10-4-11-19-31)36(42-24-30-16-8-3-9-17-30)34(45-35)27-41-23-29-14-6-2-7-15-29/h2-22,34-37H,23-27H2,1H3. The first kappa shape index (κ1) is 30.6. The molecule has 5 aromatic rings. The van der Waals surface area contributed by atoms with Crippen molar-refractivity contribution in [1.29, 1.82) is 0 Å². The van der Waals surface area contributed by atoms with Gasteiger partial charge >= 0.3 is 6.01 Å². The Hall–Kier alpha value is -4.40. The minimum atomic E-state index is -0.469. The van der Waals surface area contributed by atoms with Gasteiger partial charge in [-0.25, -0.2) is 9.97 Å². The zero-order chi connectivity index (χ0) is 30.7. The van der Waals surface area contributed by atoms with E-state index >= 15 is 0 Å². The zero-order valence-corrected chi connectivity index (χ0v) is 25.4. The SMILES string of the molecule is Cc1nc(OCc2ccccc2)ncc1C1OC(COCc2ccccc2)C(OCc2ccccc2)C1OCc1ccccc1. The van der Waals surface area contributed by atoms with Gasteiger partial charge in [-0.1, -0.05) is 121 Å². The topological polar surface area (TPSA) is 71.9 Å². The molecule has 1 saturated heterocycles. The van der Waals surface area contributed by atoms with Gasteiger partial charge < -0.3 is 23.7 Å². The highest BCUT2D eigenvalue weighted by molar-refractivity contribution is 5.25. The van der Waals surface area contributed by atoms with Gasteiger partial charge in [-0.2, -0.15) is 0 Å². The highest BCUT2D eigenvalue weighted by Crippen LogP contribution is 2.39. The summed E-state index contributed by atoms with van der Waals surface area (Å²) in [5, 5.41) is 0. The second-order valence-corrected chi connectivity index (χ2v) is 11.1. The number of hydrogen-bond acceptors (Lipinski definition) is 7. The fraction of sp³-hybridized carbons (Fsp3) is 0.263. The molecule has 1 aliphatic rings. The molecule has 0 bridgehead atoms. The maximum atomic E-state index is 6.74. The molecule has 7 nitrogen and oxygen atoms in total. The summed E-state index contributed by atoms with van der Waals surface area (Å²) in [5.41, 5.74) is 5.89. The summed E-state index contributed by atoms with van der Waals surface area (Å²) in [4.78, 5) is 9.25. The smallest absolute Gasteiger partial charge is 0.316 e. The van der Waals surface area contributed by atoms with Crippen LogP contribution in [0.5, 0.6) is 6.01 Å². The number of nitrogens with zero attached hydrogens (tertiary/aromatic N) is 2. The van der Waals surface area contributed by atoms with Gasteiger partial charge in [0.05, 0.1) is 32.1 Å². The molecular formula is C38H38N2O5. The van der Waals surface area contributed by atoms with Crippen molar-refractivity contribution in [1.82, 2.24) is 9.97 Å². The van der Waals surface area contributed by atoms with Gasteiger partial charge in [0.1, 0.15) is 31.0 Å². The van der Waals surface area contributed by atoms with Crippen LogP contribution in [0.15, 0.2) is 128 Å². The Morgan fingerprint density at radius 3 is 1.62 bits per heavy atom. The summed E-state index contributed by atoms with van der Waals surface area (Å²) in [5.74, 6) is 0. The van der Waals surface area contributed by atoms with Gasteiger partial charge in [0, 0.05) is 11.8 Å². The van der Waals surface area contributed by atoms with Crippen LogP contribution in [0, 0.1) is 6.92 Å². The lowest BCUT2D eigenvalue weighted by atomic mass is 10.0. The van der Waals surface area contributed by atoms with E-state index in [0.29, 0.717) is 39.0 Å². The Kier molecular flexibility index (Phi) is 10.6. The molecule has 230 valence electrons. The minimum absolute atomic E-state index is 0.319. The highest BCUT2D eigenvalue weighted by atomic mass is 16.6. The van der Waals surface area contributed by atoms with E-state index in [-0.39, 0.29) is 6.10 Å². The summed E-state index contributed by atoms with van der Waals surface area (Å²) in [6, 6.07) is 40.7. The van der Waals surface area contributed by atoms with Crippen LogP contribution in [0.4, 0.5) is 0 Å². The molecule has 1 aromatic heterocycles. The maximum Gasteiger partial charge on any atom is 0.316 e. The van der Waals surface area contributed by atoms with Gasteiger partial charge in [0.2, 0.25) is 0 Å². The van der Waals surface area contributed by atoms with E-state index in [4.69, 9.17) is 28.7 Å². The predicted molar refractivity (Wildman–Crippen MR) is 171 cm³/mol. The lowest BCUT2D eigenvalue weighted by molar-refractivity contribution is -0.0898. The van der Waals surface area contributed by atoms with Crippen LogP contribution in [0.25, 0.3) is 0 Å². The molecule has 6 rings (SSSR count). The molecule has 0 amide bonds. The van der Waals surface area contributed by atoms with Gasteiger partial charge in [-0.3, -0.25) is 0 Å². The quantitative estimate of drug-likeness (QED) is 0.133. The second-order valence-electron chi connectivity index (χ2n) is 11.1. The third-order valence-corrected chi connectivity index (χ3v) is 7.79. The second kappa shape index (κ2) is 15.5. The molecule has 0 spiro atoms. The number of ether oxygens (including phenoxy) is 5. The Morgan fingerprint density at radius 2 is 1.09 bits per heavy atom. The van der Waals surface area contributed by atoms with Crippen LogP contribution in [0.3, 0.4) is 0 Å². The Balaban J connectivity index is 1.24. The van der Waals surface area contributed by atoms with Crippen LogP contribution in [0.1, 0.15) is 39.6 Å². The molecule has 4 aromatic carbocycles. The normalized spacial score (nSPS) is 19.4. The summed E-state index contributed by atoms with van der Waals surface area (Å²) >= 11 is 0. The molecule has 0 saturated carbocycles. The molecule has 1 fully saturated rings. The zero-order valence-electron chi connectivity index (χ0n) is 25.4. The van der Waals surface area contributed by atoms with Crippen molar-refractivity contribution in [2.45, 2.75) is 57.8 Å². The van der Waals surface area contributed by atoms with Crippen molar-refractivity contribution in [2.24, 2.45) is 0 Å². The van der Waals surface area contributed by atoms with E-state index in [1.54, 1.807) is 6.20 Å². The first-order valence-corrected chi connectivity index (χ1v) is 15.3. The number of aromatic nitrogens is 2. The van der Waals surface area contributed by atoms with Gasteiger partial charge in [0.25, 0.3) is 0 Å². The Morgan fingerprint density at radius 1 is 0.600 bits per heavy atom. The minimum Gasteiger partial charge on any atom is -0.459 e. The van der Waals surface area contributed by atoms with E-state index in [1.807, 2.05) is 91.9 Å². The molecule has 4 unspecified atom stereocenters. The first-order valence-electron chi connectivity index (χ1n) is 15.3.